The van der Waals surface area contributed by atoms with Crippen LogP contribution in [0.3, 0.4) is 0 Å². The first-order valence-corrected chi connectivity index (χ1v) is 5.56. The summed E-state index contributed by atoms with van der Waals surface area (Å²) in [5.74, 6) is -0.194. The number of hydrogen-bond acceptors (Lipinski definition) is 2. The van der Waals surface area contributed by atoms with E-state index in [0.717, 1.165) is 0 Å². The number of halogens is 2. The number of hydrogen-bond donors (Lipinski definition) is 1. The molecule has 3 nitrogen and oxygen atoms in total. The Morgan fingerprint density at radius 2 is 2.06 bits per heavy atom. The molecule has 0 aromatic heterocycles. The molecular formula is C11H13Cl2NO2. The third-order valence-corrected chi connectivity index (χ3v) is 3.15. The van der Waals surface area contributed by atoms with Crippen LogP contribution in [0.15, 0.2) is 18.2 Å². The lowest BCUT2D eigenvalue weighted by molar-refractivity contribution is 0.0682. The molecule has 0 spiro atoms. The summed E-state index contributed by atoms with van der Waals surface area (Å²) in [4.78, 5) is 13.4. The molecule has 0 fully saturated rings. The van der Waals surface area contributed by atoms with E-state index in [4.69, 9.17) is 28.3 Å². The van der Waals surface area contributed by atoms with Gasteiger partial charge in [0.05, 0.1) is 22.7 Å². The average molecular weight is 262 g/mol. The van der Waals surface area contributed by atoms with Crippen molar-refractivity contribution >= 4 is 29.1 Å². The maximum atomic E-state index is 11.9. The van der Waals surface area contributed by atoms with E-state index in [-0.39, 0.29) is 18.6 Å². The molecule has 1 unspecified atom stereocenters. The van der Waals surface area contributed by atoms with Gasteiger partial charge in [-0.15, -0.1) is 0 Å². The first kappa shape index (κ1) is 13.3. The lowest BCUT2D eigenvalue weighted by Gasteiger charge is -2.23. The first-order valence-electron chi connectivity index (χ1n) is 4.80. The van der Waals surface area contributed by atoms with Crippen LogP contribution in [0, 0.1) is 0 Å². The number of carbonyl (C=O) groups excluding carboxylic acids is 1. The molecule has 0 radical (unpaired) electrons. The van der Waals surface area contributed by atoms with Gasteiger partial charge < -0.3 is 10.0 Å². The molecule has 1 atom stereocenters. The Kier molecular flexibility index (Phi) is 4.59. The van der Waals surface area contributed by atoms with E-state index in [1.165, 1.54) is 11.0 Å². The molecule has 1 aromatic carbocycles. The van der Waals surface area contributed by atoms with Crippen LogP contribution in [-0.2, 0) is 0 Å². The molecule has 1 amide bonds. The molecule has 0 heterocycles. The molecule has 5 heteroatoms. The van der Waals surface area contributed by atoms with Crippen LogP contribution < -0.4 is 0 Å². The second-order valence-corrected chi connectivity index (χ2v) is 4.39. The van der Waals surface area contributed by atoms with Crippen molar-refractivity contribution in [1.82, 2.24) is 4.90 Å². The zero-order valence-corrected chi connectivity index (χ0v) is 10.6. The highest BCUT2D eigenvalue weighted by Gasteiger charge is 2.17. The first-order chi connectivity index (χ1) is 7.47. The number of benzene rings is 1. The molecule has 1 N–H and O–H groups in total. The van der Waals surface area contributed by atoms with Crippen molar-refractivity contribution in [3.05, 3.63) is 33.8 Å². The van der Waals surface area contributed by atoms with Gasteiger partial charge in [0, 0.05) is 12.6 Å². The minimum absolute atomic E-state index is 0.0798. The highest BCUT2D eigenvalue weighted by Crippen LogP contribution is 2.23. The molecule has 0 bridgehead atoms. The summed E-state index contributed by atoms with van der Waals surface area (Å²) >= 11 is 11.6. The number of nitrogens with zero attached hydrogens (tertiary/aromatic N) is 1. The lowest BCUT2D eigenvalue weighted by atomic mass is 10.2. The fraction of sp³-hybridized carbons (Fsp3) is 0.364. The van der Waals surface area contributed by atoms with Gasteiger partial charge in [-0.05, 0) is 25.1 Å². The Balaban J connectivity index is 2.92. The highest BCUT2D eigenvalue weighted by molar-refractivity contribution is 6.42. The van der Waals surface area contributed by atoms with Gasteiger partial charge in [-0.25, -0.2) is 0 Å². The maximum absolute atomic E-state index is 11.9. The molecule has 16 heavy (non-hydrogen) atoms. The van der Waals surface area contributed by atoms with Crippen molar-refractivity contribution in [2.75, 3.05) is 13.7 Å². The standard InChI is InChI=1S/C11H13Cl2NO2/c1-7(6-15)14(2)11(16)8-3-4-9(12)10(13)5-8/h3-5,7,15H,6H2,1-2H3. The fourth-order valence-corrected chi connectivity index (χ4v) is 1.45. The van der Waals surface area contributed by atoms with Gasteiger partial charge in [-0.2, -0.15) is 0 Å². The quantitative estimate of drug-likeness (QED) is 0.908. The van der Waals surface area contributed by atoms with Gasteiger partial charge in [0.1, 0.15) is 0 Å². The van der Waals surface area contributed by atoms with Gasteiger partial charge in [0.25, 0.3) is 5.91 Å². The number of aliphatic hydroxyl groups is 1. The summed E-state index contributed by atoms with van der Waals surface area (Å²) in [6, 6.07) is 4.47. The zero-order valence-electron chi connectivity index (χ0n) is 9.08. The summed E-state index contributed by atoms with van der Waals surface area (Å²) in [5.41, 5.74) is 0.456. The second-order valence-electron chi connectivity index (χ2n) is 3.58. The maximum Gasteiger partial charge on any atom is 0.253 e. The van der Waals surface area contributed by atoms with E-state index < -0.39 is 0 Å². The van der Waals surface area contributed by atoms with Gasteiger partial charge in [-0.1, -0.05) is 23.2 Å². The molecule has 0 aliphatic carbocycles. The molecule has 88 valence electrons. The van der Waals surface area contributed by atoms with Crippen LogP contribution in [-0.4, -0.2) is 35.6 Å². The number of likely N-dealkylation sites (N-methyl/N-ethyl adjacent to an activating group) is 1. The normalized spacial score (nSPS) is 12.3. The zero-order chi connectivity index (χ0) is 12.3. The molecule has 1 aromatic rings. The second kappa shape index (κ2) is 5.53. The SMILES string of the molecule is CC(CO)N(C)C(=O)c1ccc(Cl)c(Cl)c1. The minimum atomic E-state index is -0.234. The number of rotatable bonds is 3. The lowest BCUT2D eigenvalue weighted by Crippen LogP contribution is -2.37. The summed E-state index contributed by atoms with van der Waals surface area (Å²) in [5, 5.41) is 9.72. The Bertz CT molecular complexity index is 396. The van der Waals surface area contributed by atoms with Gasteiger partial charge in [0.15, 0.2) is 0 Å². The number of aliphatic hydroxyl groups excluding tert-OH is 1. The van der Waals surface area contributed by atoms with E-state index in [0.29, 0.717) is 15.6 Å². The van der Waals surface area contributed by atoms with Gasteiger partial charge >= 0.3 is 0 Å². The van der Waals surface area contributed by atoms with Crippen LogP contribution in [0.2, 0.25) is 10.0 Å². The molecular weight excluding hydrogens is 249 g/mol. The third-order valence-electron chi connectivity index (χ3n) is 2.41. The largest absolute Gasteiger partial charge is 0.394 e. The van der Waals surface area contributed by atoms with Gasteiger partial charge in [-0.3, -0.25) is 4.79 Å². The minimum Gasteiger partial charge on any atom is -0.394 e. The van der Waals surface area contributed by atoms with Crippen molar-refractivity contribution in [3.63, 3.8) is 0 Å². The topological polar surface area (TPSA) is 40.5 Å². The van der Waals surface area contributed by atoms with Crippen LogP contribution in [0.5, 0.6) is 0 Å². The van der Waals surface area contributed by atoms with Crippen molar-refractivity contribution < 1.29 is 9.90 Å². The van der Waals surface area contributed by atoms with Crippen LogP contribution >= 0.6 is 23.2 Å². The fourth-order valence-electron chi connectivity index (χ4n) is 1.16. The Hall–Kier alpha value is -0.770. The molecule has 0 saturated heterocycles. The monoisotopic (exact) mass is 261 g/mol. The van der Waals surface area contributed by atoms with E-state index in [1.807, 2.05) is 0 Å². The molecule has 0 aliphatic rings. The predicted octanol–water partition coefficient (Wildman–Crippen LogP) is 2.45. The summed E-state index contributed by atoms with van der Waals surface area (Å²) in [6.45, 7) is 1.68. The highest BCUT2D eigenvalue weighted by atomic mass is 35.5. The van der Waals surface area contributed by atoms with Gasteiger partial charge in [0.2, 0.25) is 0 Å². The Morgan fingerprint density at radius 3 is 2.56 bits per heavy atom. The smallest absolute Gasteiger partial charge is 0.253 e. The number of amides is 1. The predicted molar refractivity (Wildman–Crippen MR) is 65.1 cm³/mol. The Morgan fingerprint density at radius 1 is 1.44 bits per heavy atom. The Labute approximate surface area is 105 Å². The van der Waals surface area contributed by atoms with E-state index in [9.17, 15) is 4.79 Å². The van der Waals surface area contributed by atoms with E-state index in [1.54, 1.807) is 26.1 Å². The van der Waals surface area contributed by atoms with Crippen LogP contribution in [0.4, 0.5) is 0 Å². The summed E-state index contributed by atoms with van der Waals surface area (Å²) < 4.78 is 0. The van der Waals surface area contributed by atoms with Crippen LogP contribution in [0.1, 0.15) is 17.3 Å². The van der Waals surface area contributed by atoms with Crippen molar-refractivity contribution in [2.24, 2.45) is 0 Å². The third kappa shape index (κ3) is 2.88. The van der Waals surface area contributed by atoms with Crippen molar-refractivity contribution in [3.8, 4) is 0 Å². The van der Waals surface area contributed by atoms with E-state index in [2.05, 4.69) is 0 Å². The molecule has 0 aliphatic heterocycles. The van der Waals surface area contributed by atoms with E-state index >= 15 is 0 Å². The molecule has 0 saturated carbocycles. The molecule has 1 rings (SSSR count). The summed E-state index contributed by atoms with van der Waals surface area (Å²) in [7, 11) is 1.63. The van der Waals surface area contributed by atoms with Crippen LogP contribution in [0.25, 0.3) is 0 Å². The average Bonchev–Trinajstić information content (AvgIpc) is 2.29. The number of carbonyl (C=O) groups is 1. The van der Waals surface area contributed by atoms with Crippen molar-refractivity contribution in [2.45, 2.75) is 13.0 Å². The van der Waals surface area contributed by atoms with Crippen molar-refractivity contribution in [1.29, 1.82) is 0 Å². The summed E-state index contributed by atoms with van der Waals surface area (Å²) in [6.07, 6.45) is 0.